The van der Waals surface area contributed by atoms with Gasteiger partial charge in [0.2, 0.25) is 5.91 Å². The second-order valence-corrected chi connectivity index (χ2v) is 6.81. The molecule has 0 radical (unpaired) electrons. The number of nitrogens with one attached hydrogen (secondary N) is 1. The first-order valence-electron chi connectivity index (χ1n) is 8.59. The van der Waals surface area contributed by atoms with Crippen LogP contribution < -0.4 is 14.8 Å². The summed E-state index contributed by atoms with van der Waals surface area (Å²) in [5.74, 6) is -2.18. The van der Waals surface area contributed by atoms with Crippen LogP contribution in [0.2, 0.25) is 0 Å². The van der Waals surface area contributed by atoms with Crippen molar-refractivity contribution in [2.45, 2.75) is 19.5 Å². The molecule has 0 spiro atoms. The largest absolute Gasteiger partial charge is 0.493 e. The SMILES string of the molecule is COC(=O)c1cc(OC)c(OC(F)F)cc1NC(=O)CCC(=O)c1ccc(Br)cc1. The van der Waals surface area contributed by atoms with E-state index in [1.54, 1.807) is 24.3 Å². The Morgan fingerprint density at radius 3 is 2.27 bits per heavy atom. The van der Waals surface area contributed by atoms with E-state index in [0.29, 0.717) is 5.56 Å². The molecule has 0 aromatic heterocycles. The van der Waals surface area contributed by atoms with Gasteiger partial charge in [0.1, 0.15) is 0 Å². The Labute approximate surface area is 179 Å². The van der Waals surface area contributed by atoms with Crippen LogP contribution in [0.3, 0.4) is 0 Å². The maximum absolute atomic E-state index is 12.7. The van der Waals surface area contributed by atoms with Gasteiger partial charge in [-0.1, -0.05) is 28.1 Å². The Morgan fingerprint density at radius 1 is 1.03 bits per heavy atom. The first-order valence-corrected chi connectivity index (χ1v) is 9.38. The van der Waals surface area contributed by atoms with Gasteiger partial charge >= 0.3 is 12.6 Å². The highest BCUT2D eigenvalue weighted by molar-refractivity contribution is 9.10. The summed E-state index contributed by atoms with van der Waals surface area (Å²) in [6.07, 6.45) is -0.274. The van der Waals surface area contributed by atoms with Crippen molar-refractivity contribution in [2.75, 3.05) is 19.5 Å². The van der Waals surface area contributed by atoms with Gasteiger partial charge in [0, 0.05) is 35.0 Å². The number of Topliss-reactive ketones (excluding diaryl/α,β-unsaturated/α-hetero) is 1. The van der Waals surface area contributed by atoms with Crippen molar-refractivity contribution in [3.63, 3.8) is 0 Å². The van der Waals surface area contributed by atoms with E-state index in [0.717, 1.165) is 23.7 Å². The first-order chi connectivity index (χ1) is 14.2. The quantitative estimate of drug-likeness (QED) is 0.416. The monoisotopic (exact) mass is 485 g/mol. The lowest BCUT2D eigenvalue weighted by atomic mass is 10.1. The summed E-state index contributed by atoms with van der Waals surface area (Å²) in [7, 11) is 2.33. The third-order valence-electron chi connectivity index (χ3n) is 3.94. The maximum Gasteiger partial charge on any atom is 0.387 e. The fourth-order valence-corrected chi connectivity index (χ4v) is 2.77. The fourth-order valence-electron chi connectivity index (χ4n) is 2.51. The van der Waals surface area contributed by atoms with Crippen molar-refractivity contribution in [3.8, 4) is 11.5 Å². The van der Waals surface area contributed by atoms with E-state index in [4.69, 9.17) is 4.74 Å². The number of anilines is 1. The molecule has 2 aromatic rings. The molecule has 1 N–H and O–H groups in total. The summed E-state index contributed by atoms with van der Waals surface area (Å²) < 4.78 is 40.1. The number of hydrogen-bond donors (Lipinski definition) is 1. The van der Waals surface area contributed by atoms with Gasteiger partial charge in [-0.25, -0.2) is 4.79 Å². The van der Waals surface area contributed by atoms with Gasteiger partial charge in [-0.3, -0.25) is 9.59 Å². The van der Waals surface area contributed by atoms with Crippen LogP contribution in [-0.4, -0.2) is 38.5 Å². The molecule has 7 nitrogen and oxygen atoms in total. The van der Waals surface area contributed by atoms with Crippen LogP contribution >= 0.6 is 15.9 Å². The molecule has 10 heteroatoms. The van der Waals surface area contributed by atoms with Crippen molar-refractivity contribution in [1.82, 2.24) is 0 Å². The van der Waals surface area contributed by atoms with Crippen LogP contribution in [0, 0.1) is 0 Å². The molecule has 0 bridgehead atoms. The lowest BCUT2D eigenvalue weighted by Crippen LogP contribution is -2.17. The molecule has 0 aliphatic heterocycles. The second-order valence-electron chi connectivity index (χ2n) is 5.90. The number of alkyl halides is 2. The van der Waals surface area contributed by atoms with Gasteiger partial charge < -0.3 is 19.5 Å². The molecule has 0 aliphatic rings. The summed E-state index contributed by atoms with van der Waals surface area (Å²) in [5, 5.41) is 2.43. The van der Waals surface area contributed by atoms with E-state index < -0.39 is 18.5 Å². The average Bonchev–Trinajstić information content (AvgIpc) is 2.71. The number of benzene rings is 2. The topological polar surface area (TPSA) is 90.9 Å². The minimum atomic E-state index is -3.14. The van der Waals surface area contributed by atoms with Gasteiger partial charge in [0.15, 0.2) is 17.3 Å². The number of carbonyl (C=O) groups excluding carboxylic acids is 3. The Morgan fingerprint density at radius 2 is 1.70 bits per heavy atom. The predicted octanol–water partition coefficient (Wildman–Crippen LogP) is 4.45. The van der Waals surface area contributed by atoms with E-state index in [-0.39, 0.29) is 41.4 Å². The van der Waals surface area contributed by atoms with Gasteiger partial charge in [0.25, 0.3) is 0 Å². The first kappa shape index (κ1) is 23.3. The molecule has 0 atom stereocenters. The van der Waals surface area contributed by atoms with Crippen molar-refractivity contribution in [1.29, 1.82) is 0 Å². The van der Waals surface area contributed by atoms with E-state index in [9.17, 15) is 23.2 Å². The third-order valence-corrected chi connectivity index (χ3v) is 4.47. The highest BCUT2D eigenvalue weighted by Gasteiger charge is 2.21. The average molecular weight is 486 g/mol. The maximum atomic E-state index is 12.7. The molecule has 0 aliphatic carbocycles. The van der Waals surface area contributed by atoms with E-state index in [2.05, 4.69) is 30.7 Å². The number of methoxy groups -OCH3 is 2. The highest BCUT2D eigenvalue weighted by atomic mass is 79.9. The lowest BCUT2D eigenvalue weighted by molar-refractivity contribution is -0.116. The van der Waals surface area contributed by atoms with Crippen LogP contribution in [-0.2, 0) is 9.53 Å². The highest BCUT2D eigenvalue weighted by Crippen LogP contribution is 2.35. The number of ether oxygens (including phenoxy) is 3. The van der Waals surface area contributed by atoms with Gasteiger partial charge in [0.05, 0.1) is 25.5 Å². The molecule has 2 rings (SSSR count). The number of amides is 1. The van der Waals surface area contributed by atoms with Gasteiger partial charge in [-0.05, 0) is 12.1 Å². The number of esters is 1. The Hall–Kier alpha value is -3.01. The van der Waals surface area contributed by atoms with Crippen LogP contribution in [0.4, 0.5) is 14.5 Å². The zero-order valence-corrected chi connectivity index (χ0v) is 17.6. The normalized spacial score (nSPS) is 10.5. The fraction of sp³-hybridized carbons (Fsp3) is 0.250. The van der Waals surface area contributed by atoms with Crippen molar-refractivity contribution in [2.24, 2.45) is 0 Å². The summed E-state index contributed by atoms with van der Waals surface area (Å²) in [6.45, 7) is -3.14. The molecule has 1 amide bonds. The molecule has 0 saturated heterocycles. The van der Waals surface area contributed by atoms with Crippen LogP contribution in [0.1, 0.15) is 33.6 Å². The summed E-state index contributed by atoms with van der Waals surface area (Å²) >= 11 is 3.27. The van der Waals surface area contributed by atoms with Crippen molar-refractivity contribution >= 4 is 39.3 Å². The molecule has 0 unspecified atom stereocenters. The third kappa shape index (κ3) is 6.24. The lowest BCUT2D eigenvalue weighted by Gasteiger charge is -2.15. The molecule has 0 heterocycles. The number of carbonyl (C=O) groups is 3. The summed E-state index contributed by atoms with van der Waals surface area (Å²) in [4.78, 5) is 36.5. The summed E-state index contributed by atoms with van der Waals surface area (Å²) in [5.41, 5.74) is 0.210. The Kier molecular flexibility index (Phi) is 8.28. The number of halogens is 3. The molecule has 160 valence electrons. The second kappa shape index (κ2) is 10.7. The molecule has 2 aromatic carbocycles. The number of rotatable bonds is 9. The van der Waals surface area contributed by atoms with E-state index in [1.165, 1.54) is 7.11 Å². The van der Waals surface area contributed by atoms with E-state index in [1.807, 2.05) is 0 Å². The van der Waals surface area contributed by atoms with Crippen molar-refractivity contribution < 1.29 is 37.4 Å². The zero-order chi connectivity index (χ0) is 22.3. The van der Waals surface area contributed by atoms with Crippen LogP contribution in [0.15, 0.2) is 40.9 Å². The Bertz CT molecular complexity index is 934. The molecular weight excluding hydrogens is 468 g/mol. The smallest absolute Gasteiger partial charge is 0.387 e. The van der Waals surface area contributed by atoms with Crippen molar-refractivity contribution in [3.05, 3.63) is 52.0 Å². The zero-order valence-electron chi connectivity index (χ0n) is 16.0. The molecule has 0 saturated carbocycles. The standard InChI is InChI=1S/C20H18BrF2NO6/c1-28-16-9-13(19(27)29-2)14(10-17(16)30-20(22)23)24-18(26)8-7-15(25)11-3-5-12(21)6-4-11/h3-6,9-10,20H,7-8H2,1-2H3,(H,24,26). The minimum absolute atomic E-state index is 0.0857. The number of ketones is 1. The molecule has 30 heavy (non-hydrogen) atoms. The molecular formula is C20H18BrF2NO6. The van der Waals surface area contributed by atoms with Crippen LogP contribution in [0.5, 0.6) is 11.5 Å². The molecule has 0 fully saturated rings. The predicted molar refractivity (Wildman–Crippen MR) is 107 cm³/mol. The van der Waals surface area contributed by atoms with Crippen LogP contribution in [0.25, 0.3) is 0 Å². The van der Waals surface area contributed by atoms with Gasteiger partial charge in [-0.2, -0.15) is 8.78 Å². The summed E-state index contributed by atoms with van der Waals surface area (Å²) in [6, 6.07) is 8.81. The minimum Gasteiger partial charge on any atom is -0.493 e. The van der Waals surface area contributed by atoms with E-state index >= 15 is 0 Å². The number of hydrogen-bond acceptors (Lipinski definition) is 6. The van der Waals surface area contributed by atoms with Gasteiger partial charge in [-0.15, -0.1) is 0 Å². The Balaban J connectivity index is 2.17.